The van der Waals surface area contributed by atoms with Crippen LogP contribution >= 0.6 is 0 Å². The van der Waals surface area contributed by atoms with Gasteiger partial charge in [0.15, 0.2) is 0 Å². The molecule has 3 heteroatoms. The summed E-state index contributed by atoms with van der Waals surface area (Å²) in [5.74, 6) is 0.599. The first-order valence-electron chi connectivity index (χ1n) is 6.08. The number of carboxylic acids is 1. The summed E-state index contributed by atoms with van der Waals surface area (Å²) in [4.78, 5) is 13.3. The van der Waals surface area contributed by atoms with Gasteiger partial charge in [-0.15, -0.1) is 0 Å². The second-order valence-electron chi connectivity index (χ2n) is 5.16. The van der Waals surface area contributed by atoms with E-state index in [2.05, 4.69) is 18.7 Å². The lowest BCUT2D eigenvalue weighted by atomic mass is 9.87. The molecule has 2 rings (SSSR count). The number of hydrogen-bond acceptors (Lipinski definition) is 2. The number of aromatic carboxylic acids is 1. The van der Waals surface area contributed by atoms with Gasteiger partial charge in [0, 0.05) is 18.8 Å². The average Bonchev–Trinajstić information content (AvgIpc) is 2.17. The van der Waals surface area contributed by atoms with Crippen molar-refractivity contribution >= 4 is 11.7 Å². The summed E-state index contributed by atoms with van der Waals surface area (Å²) in [5.41, 5.74) is 2.36. The SMILES string of the molecule is Cc1c(C(=O)O)cccc1N1CC(C(C)C)C1. The van der Waals surface area contributed by atoms with Gasteiger partial charge < -0.3 is 10.0 Å². The van der Waals surface area contributed by atoms with Gasteiger partial charge in [0.2, 0.25) is 0 Å². The van der Waals surface area contributed by atoms with Crippen LogP contribution in [0.15, 0.2) is 18.2 Å². The summed E-state index contributed by atoms with van der Waals surface area (Å²) < 4.78 is 0. The van der Waals surface area contributed by atoms with Gasteiger partial charge in [-0.05, 0) is 36.5 Å². The molecule has 1 aliphatic rings. The van der Waals surface area contributed by atoms with Crippen LogP contribution in [0.5, 0.6) is 0 Å². The van der Waals surface area contributed by atoms with Gasteiger partial charge in [-0.1, -0.05) is 19.9 Å². The topological polar surface area (TPSA) is 40.5 Å². The zero-order valence-electron chi connectivity index (χ0n) is 10.6. The monoisotopic (exact) mass is 233 g/mol. The molecule has 92 valence electrons. The van der Waals surface area contributed by atoms with Crippen LogP contribution in [0.25, 0.3) is 0 Å². The number of carboxylic acid groups (broad SMARTS) is 1. The second kappa shape index (κ2) is 4.40. The van der Waals surface area contributed by atoms with Crippen LogP contribution in [0.4, 0.5) is 5.69 Å². The summed E-state index contributed by atoms with van der Waals surface area (Å²) in [7, 11) is 0. The van der Waals surface area contributed by atoms with E-state index in [9.17, 15) is 4.79 Å². The van der Waals surface area contributed by atoms with Crippen LogP contribution in [0.3, 0.4) is 0 Å². The fourth-order valence-corrected chi connectivity index (χ4v) is 2.33. The highest BCUT2D eigenvalue weighted by Crippen LogP contribution is 2.32. The molecule has 1 fully saturated rings. The van der Waals surface area contributed by atoms with Crippen molar-refractivity contribution in [3.05, 3.63) is 29.3 Å². The molecule has 3 nitrogen and oxygen atoms in total. The van der Waals surface area contributed by atoms with Crippen LogP contribution < -0.4 is 4.90 Å². The summed E-state index contributed by atoms with van der Waals surface area (Å²) in [6.45, 7) is 8.45. The number of rotatable bonds is 3. The lowest BCUT2D eigenvalue weighted by Crippen LogP contribution is -2.49. The molecular weight excluding hydrogens is 214 g/mol. The lowest BCUT2D eigenvalue weighted by Gasteiger charge is -2.44. The van der Waals surface area contributed by atoms with Gasteiger partial charge in [-0.3, -0.25) is 0 Å². The molecule has 0 amide bonds. The highest BCUT2D eigenvalue weighted by atomic mass is 16.4. The number of benzene rings is 1. The Morgan fingerprint density at radius 2 is 2.06 bits per heavy atom. The molecule has 1 saturated heterocycles. The van der Waals surface area contributed by atoms with E-state index < -0.39 is 5.97 Å². The van der Waals surface area contributed by atoms with Crippen molar-refractivity contribution in [2.24, 2.45) is 11.8 Å². The van der Waals surface area contributed by atoms with E-state index in [0.717, 1.165) is 30.3 Å². The largest absolute Gasteiger partial charge is 0.478 e. The molecule has 17 heavy (non-hydrogen) atoms. The van der Waals surface area contributed by atoms with E-state index in [-0.39, 0.29) is 0 Å². The molecule has 1 aromatic carbocycles. The third-order valence-electron chi connectivity index (χ3n) is 3.73. The maximum absolute atomic E-state index is 11.1. The van der Waals surface area contributed by atoms with Gasteiger partial charge in [-0.25, -0.2) is 4.79 Å². The zero-order valence-corrected chi connectivity index (χ0v) is 10.6. The first-order chi connectivity index (χ1) is 8.00. The molecule has 0 spiro atoms. The van der Waals surface area contributed by atoms with Crippen molar-refractivity contribution in [1.29, 1.82) is 0 Å². The predicted octanol–water partition coefficient (Wildman–Crippen LogP) is 2.79. The zero-order chi connectivity index (χ0) is 12.6. The third kappa shape index (κ3) is 2.14. The molecule has 1 aliphatic heterocycles. The van der Waals surface area contributed by atoms with E-state index in [1.807, 2.05) is 19.1 Å². The molecule has 0 radical (unpaired) electrons. The maximum atomic E-state index is 11.1. The van der Waals surface area contributed by atoms with Crippen molar-refractivity contribution in [2.75, 3.05) is 18.0 Å². The smallest absolute Gasteiger partial charge is 0.336 e. The Kier molecular flexibility index (Phi) is 3.09. The minimum absolute atomic E-state index is 0.412. The molecule has 1 aromatic rings. The fourth-order valence-electron chi connectivity index (χ4n) is 2.33. The molecule has 0 aromatic heterocycles. The van der Waals surface area contributed by atoms with E-state index in [1.54, 1.807) is 6.07 Å². The third-order valence-corrected chi connectivity index (χ3v) is 3.73. The molecular formula is C14H19NO2. The molecule has 0 saturated carbocycles. The van der Waals surface area contributed by atoms with Gasteiger partial charge >= 0.3 is 5.97 Å². The lowest BCUT2D eigenvalue weighted by molar-refractivity contribution is 0.0696. The Bertz CT molecular complexity index is 434. The number of nitrogens with zero attached hydrogens (tertiary/aromatic N) is 1. The normalized spacial score (nSPS) is 16.1. The molecule has 0 atom stereocenters. The van der Waals surface area contributed by atoms with Crippen LogP contribution in [0.1, 0.15) is 29.8 Å². The molecule has 0 aliphatic carbocycles. The summed E-state index contributed by atoms with van der Waals surface area (Å²) >= 11 is 0. The van der Waals surface area contributed by atoms with Crippen LogP contribution in [-0.2, 0) is 0 Å². The Morgan fingerprint density at radius 3 is 2.59 bits per heavy atom. The van der Waals surface area contributed by atoms with E-state index >= 15 is 0 Å². The summed E-state index contributed by atoms with van der Waals surface area (Å²) in [6.07, 6.45) is 0. The number of hydrogen-bond donors (Lipinski definition) is 1. The first kappa shape index (κ1) is 12.0. The van der Waals surface area contributed by atoms with E-state index in [0.29, 0.717) is 11.5 Å². The Labute approximate surface area is 102 Å². The molecule has 0 bridgehead atoms. The van der Waals surface area contributed by atoms with Gasteiger partial charge in [0.05, 0.1) is 5.56 Å². The summed E-state index contributed by atoms with van der Waals surface area (Å²) in [6, 6.07) is 5.51. The van der Waals surface area contributed by atoms with Gasteiger partial charge in [0.1, 0.15) is 0 Å². The quantitative estimate of drug-likeness (QED) is 0.872. The van der Waals surface area contributed by atoms with Crippen molar-refractivity contribution in [3.8, 4) is 0 Å². The van der Waals surface area contributed by atoms with Crippen molar-refractivity contribution in [3.63, 3.8) is 0 Å². The Balaban J connectivity index is 2.18. The van der Waals surface area contributed by atoms with Crippen molar-refractivity contribution in [1.82, 2.24) is 0 Å². The van der Waals surface area contributed by atoms with Crippen molar-refractivity contribution < 1.29 is 9.90 Å². The van der Waals surface area contributed by atoms with Gasteiger partial charge in [-0.2, -0.15) is 0 Å². The maximum Gasteiger partial charge on any atom is 0.336 e. The minimum atomic E-state index is -0.842. The van der Waals surface area contributed by atoms with E-state index in [4.69, 9.17) is 5.11 Å². The van der Waals surface area contributed by atoms with Gasteiger partial charge in [0.25, 0.3) is 0 Å². The Hall–Kier alpha value is -1.51. The molecule has 1 heterocycles. The van der Waals surface area contributed by atoms with Crippen LogP contribution in [0, 0.1) is 18.8 Å². The average molecular weight is 233 g/mol. The van der Waals surface area contributed by atoms with Crippen LogP contribution in [0.2, 0.25) is 0 Å². The standard InChI is InChI=1S/C14H19NO2/c1-9(2)11-7-15(8-11)13-6-4-5-12(10(13)3)14(16)17/h4-6,9,11H,7-8H2,1-3H3,(H,16,17). The highest BCUT2D eigenvalue weighted by Gasteiger charge is 2.30. The summed E-state index contributed by atoms with van der Waals surface area (Å²) in [5, 5.41) is 9.08. The second-order valence-corrected chi connectivity index (χ2v) is 5.16. The van der Waals surface area contributed by atoms with Crippen molar-refractivity contribution in [2.45, 2.75) is 20.8 Å². The Morgan fingerprint density at radius 1 is 1.41 bits per heavy atom. The fraction of sp³-hybridized carbons (Fsp3) is 0.500. The predicted molar refractivity (Wildman–Crippen MR) is 68.7 cm³/mol. The number of anilines is 1. The highest BCUT2D eigenvalue weighted by molar-refractivity contribution is 5.91. The van der Waals surface area contributed by atoms with Crippen LogP contribution in [-0.4, -0.2) is 24.2 Å². The minimum Gasteiger partial charge on any atom is -0.478 e. The van der Waals surface area contributed by atoms with E-state index in [1.165, 1.54) is 0 Å². The first-order valence-corrected chi connectivity index (χ1v) is 6.08. The molecule has 1 N–H and O–H groups in total. The molecule has 0 unspecified atom stereocenters. The number of carbonyl (C=O) groups is 1.